The van der Waals surface area contributed by atoms with Crippen LogP contribution in [-0.2, 0) is 19.9 Å². The third-order valence-electron chi connectivity index (χ3n) is 3.71. The summed E-state index contributed by atoms with van der Waals surface area (Å²) >= 11 is 0. The zero-order valence-electron chi connectivity index (χ0n) is 14.5. The molecule has 0 saturated carbocycles. The van der Waals surface area contributed by atoms with E-state index in [9.17, 15) is 16.8 Å². The topological polar surface area (TPSA) is 71.5 Å². The normalized spacial score (nSPS) is 11.7. The molecule has 0 bridgehead atoms. The molecule has 0 atom stereocenters. The summed E-state index contributed by atoms with van der Waals surface area (Å²) in [5.41, 5.74) is 1.02. The van der Waals surface area contributed by atoms with E-state index in [1.807, 2.05) is 6.92 Å². The zero-order valence-corrected chi connectivity index (χ0v) is 16.1. The Hall–Kier alpha value is -2.38. The maximum atomic E-state index is 13.1. The molecule has 2 aromatic carbocycles. The van der Waals surface area contributed by atoms with E-state index in [1.54, 1.807) is 24.3 Å². The quantitative estimate of drug-likeness (QED) is 0.647. The van der Waals surface area contributed by atoms with Crippen LogP contribution in [0.4, 0.5) is 5.69 Å². The van der Waals surface area contributed by atoms with Crippen LogP contribution >= 0.6 is 0 Å². The number of hydrogen-bond acceptors (Lipinski definition) is 4. The molecule has 0 aromatic heterocycles. The van der Waals surface area contributed by atoms with Crippen LogP contribution in [0.2, 0.25) is 0 Å². The summed E-state index contributed by atoms with van der Waals surface area (Å²) in [6, 6.07) is 12.4. The molecule has 0 saturated heterocycles. The van der Waals surface area contributed by atoms with E-state index < -0.39 is 19.9 Å². The highest BCUT2D eigenvalue weighted by molar-refractivity contribution is 7.93. The molecule has 0 aliphatic carbocycles. The van der Waals surface area contributed by atoms with Crippen LogP contribution < -0.4 is 4.31 Å². The van der Waals surface area contributed by atoms with Gasteiger partial charge in [0.1, 0.15) is 0 Å². The van der Waals surface area contributed by atoms with Gasteiger partial charge in [0.15, 0.2) is 9.84 Å². The molecule has 0 amide bonds. The van der Waals surface area contributed by atoms with Crippen molar-refractivity contribution in [3.8, 4) is 0 Å². The summed E-state index contributed by atoms with van der Waals surface area (Å²) in [5, 5.41) is 0. The number of aryl methyl sites for hydroxylation is 1. The number of nitrogens with zero attached hydrogens (tertiary/aromatic N) is 1. The first-order valence-electron chi connectivity index (χ1n) is 7.87. The lowest BCUT2D eigenvalue weighted by Crippen LogP contribution is -2.32. The first-order chi connectivity index (χ1) is 12.2. The standard InChI is InChI=1S/C19H21NO4S2/c1-4-14-20(26(23,24)17-12-10-16(3)11-13-17)18-8-6-7-9-19(18)25(21,22)15-5-2/h4-13H,1-2,14-15H2,3H3. The average molecular weight is 392 g/mol. The SMILES string of the molecule is C=CCN(c1ccccc1S(=O)(=O)CC=C)S(=O)(=O)c1ccc(C)cc1. The Kier molecular flexibility index (Phi) is 6.05. The second kappa shape index (κ2) is 7.88. The monoisotopic (exact) mass is 391 g/mol. The molecule has 7 heteroatoms. The Morgan fingerprint density at radius 1 is 0.923 bits per heavy atom. The Morgan fingerprint density at radius 2 is 1.54 bits per heavy atom. The summed E-state index contributed by atoms with van der Waals surface area (Å²) in [4.78, 5) is 0.0262. The predicted octanol–water partition coefficient (Wildman–Crippen LogP) is 3.34. The van der Waals surface area contributed by atoms with Crippen LogP contribution in [0.1, 0.15) is 5.56 Å². The summed E-state index contributed by atoms with van der Waals surface area (Å²) in [6.07, 6.45) is 2.70. The van der Waals surface area contributed by atoms with Gasteiger partial charge in [0.05, 0.1) is 27.8 Å². The van der Waals surface area contributed by atoms with Crippen molar-refractivity contribution < 1.29 is 16.8 Å². The molecule has 0 aliphatic rings. The van der Waals surface area contributed by atoms with E-state index in [4.69, 9.17) is 0 Å². The van der Waals surface area contributed by atoms with Gasteiger partial charge >= 0.3 is 0 Å². The zero-order chi connectivity index (χ0) is 19.4. The number of hydrogen-bond donors (Lipinski definition) is 0. The van der Waals surface area contributed by atoms with Crippen molar-refractivity contribution >= 4 is 25.5 Å². The fourth-order valence-corrected chi connectivity index (χ4v) is 5.24. The van der Waals surface area contributed by atoms with Gasteiger partial charge in [-0.25, -0.2) is 16.8 Å². The second-order valence-corrected chi connectivity index (χ2v) is 9.54. The van der Waals surface area contributed by atoms with Crippen molar-refractivity contribution in [1.82, 2.24) is 0 Å². The lowest BCUT2D eigenvalue weighted by atomic mass is 10.2. The van der Waals surface area contributed by atoms with Crippen LogP contribution in [0, 0.1) is 6.92 Å². The molecular formula is C19H21NO4S2. The molecule has 0 spiro atoms. The number of anilines is 1. The molecule has 0 fully saturated rings. The van der Waals surface area contributed by atoms with Gasteiger partial charge in [0.2, 0.25) is 0 Å². The molecule has 2 rings (SSSR count). The van der Waals surface area contributed by atoms with Gasteiger partial charge in [-0.05, 0) is 31.2 Å². The molecule has 0 radical (unpaired) electrons. The van der Waals surface area contributed by atoms with Crippen LogP contribution in [0.3, 0.4) is 0 Å². The summed E-state index contributed by atoms with van der Waals surface area (Å²) in [5.74, 6) is -0.281. The van der Waals surface area contributed by atoms with Gasteiger partial charge in [-0.3, -0.25) is 4.31 Å². The van der Waals surface area contributed by atoms with Gasteiger partial charge in [-0.2, -0.15) is 0 Å². The smallest absolute Gasteiger partial charge is 0.261 e. The number of para-hydroxylation sites is 1. The number of sulfonamides is 1. The number of benzene rings is 2. The Bertz CT molecular complexity index is 1010. The van der Waals surface area contributed by atoms with Crippen molar-refractivity contribution in [3.05, 3.63) is 79.4 Å². The lowest BCUT2D eigenvalue weighted by Gasteiger charge is -2.25. The van der Waals surface area contributed by atoms with E-state index in [2.05, 4.69) is 13.2 Å². The minimum Gasteiger partial charge on any atom is -0.261 e. The van der Waals surface area contributed by atoms with Crippen LogP contribution in [0.15, 0.2) is 83.6 Å². The minimum atomic E-state index is -3.96. The van der Waals surface area contributed by atoms with Gasteiger partial charge < -0.3 is 0 Å². The highest BCUT2D eigenvalue weighted by Gasteiger charge is 2.29. The summed E-state index contributed by atoms with van der Waals surface area (Å²) in [6.45, 7) is 8.86. The molecule has 138 valence electrons. The first-order valence-corrected chi connectivity index (χ1v) is 11.0. The molecule has 2 aromatic rings. The summed E-state index contributed by atoms with van der Waals surface area (Å²) in [7, 11) is -7.67. The molecule has 5 nitrogen and oxygen atoms in total. The van der Waals surface area contributed by atoms with E-state index in [0.29, 0.717) is 0 Å². The molecule has 0 heterocycles. The van der Waals surface area contributed by atoms with Crippen LogP contribution in [-0.4, -0.2) is 29.1 Å². The van der Waals surface area contributed by atoms with Gasteiger partial charge in [0.25, 0.3) is 10.0 Å². The van der Waals surface area contributed by atoms with Crippen molar-refractivity contribution in [2.45, 2.75) is 16.7 Å². The van der Waals surface area contributed by atoms with Crippen LogP contribution in [0.25, 0.3) is 0 Å². The molecule has 0 N–H and O–H groups in total. The predicted molar refractivity (Wildman–Crippen MR) is 105 cm³/mol. The van der Waals surface area contributed by atoms with E-state index in [1.165, 1.54) is 36.4 Å². The largest absolute Gasteiger partial charge is 0.264 e. The molecular weight excluding hydrogens is 370 g/mol. The maximum absolute atomic E-state index is 13.1. The Balaban J connectivity index is 2.67. The molecule has 0 aliphatic heterocycles. The van der Waals surface area contributed by atoms with Crippen molar-refractivity contribution in [3.63, 3.8) is 0 Å². The number of sulfone groups is 1. The Labute approximate surface area is 155 Å². The number of rotatable bonds is 8. The van der Waals surface area contributed by atoms with Crippen molar-refractivity contribution in [1.29, 1.82) is 0 Å². The van der Waals surface area contributed by atoms with Gasteiger partial charge in [-0.15, -0.1) is 13.2 Å². The third-order valence-corrected chi connectivity index (χ3v) is 7.19. The fourth-order valence-electron chi connectivity index (χ4n) is 2.45. The van der Waals surface area contributed by atoms with Crippen molar-refractivity contribution in [2.24, 2.45) is 0 Å². The minimum absolute atomic E-state index is 0.0579. The highest BCUT2D eigenvalue weighted by Crippen LogP contribution is 2.30. The first kappa shape index (κ1) is 19.9. The summed E-state index contributed by atoms with van der Waals surface area (Å²) < 4.78 is 52.4. The third kappa shape index (κ3) is 4.05. The highest BCUT2D eigenvalue weighted by atomic mass is 32.2. The van der Waals surface area contributed by atoms with Gasteiger partial charge in [-0.1, -0.05) is 42.0 Å². The Morgan fingerprint density at radius 3 is 2.12 bits per heavy atom. The van der Waals surface area contributed by atoms with E-state index >= 15 is 0 Å². The van der Waals surface area contributed by atoms with E-state index in [0.717, 1.165) is 9.87 Å². The molecule has 0 unspecified atom stereocenters. The second-order valence-electron chi connectivity index (χ2n) is 5.68. The maximum Gasteiger partial charge on any atom is 0.264 e. The van der Waals surface area contributed by atoms with Gasteiger partial charge in [0, 0.05) is 0 Å². The fraction of sp³-hybridized carbons (Fsp3) is 0.158. The average Bonchev–Trinajstić information content (AvgIpc) is 2.60. The van der Waals surface area contributed by atoms with E-state index in [-0.39, 0.29) is 27.8 Å². The lowest BCUT2D eigenvalue weighted by molar-refractivity contribution is 0.592. The van der Waals surface area contributed by atoms with Crippen LogP contribution in [0.5, 0.6) is 0 Å². The van der Waals surface area contributed by atoms with Crippen molar-refractivity contribution in [2.75, 3.05) is 16.6 Å². The molecule has 26 heavy (non-hydrogen) atoms.